The Morgan fingerprint density at radius 2 is 1.34 bits per heavy atom. The monoisotopic (exact) mass is 470 g/mol. The van der Waals surface area contributed by atoms with E-state index in [0.29, 0.717) is 17.5 Å². The molecular weight excluding hydrogens is 436 g/mol. The largest absolute Gasteiger partial charge is 0.497 e. The molecule has 1 saturated heterocycles. The standard InChI is InChI=1S/C30H34N2O3/c1-35-29-16-10-25(11-17-29)24-8-14-28(15-9-24)32-20-18-31(19-21-32)27-12-6-23(7-13-27)22-2-4-26(5-3-22)30(33)34/h2-7,10-13,16-17,24,28H,8-9,14-15,18-21H2,1H3,(H,33,34)/t24-,28+. The summed E-state index contributed by atoms with van der Waals surface area (Å²) < 4.78 is 5.30. The van der Waals surface area contributed by atoms with Crippen molar-refractivity contribution in [3.63, 3.8) is 0 Å². The lowest BCUT2D eigenvalue weighted by molar-refractivity contribution is 0.0697. The maximum absolute atomic E-state index is 11.1. The van der Waals surface area contributed by atoms with E-state index < -0.39 is 5.97 Å². The van der Waals surface area contributed by atoms with Crippen LogP contribution in [0.3, 0.4) is 0 Å². The minimum Gasteiger partial charge on any atom is -0.497 e. The van der Waals surface area contributed by atoms with Crippen LogP contribution in [0.1, 0.15) is 47.5 Å². The van der Waals surface area contributed by atoms with Crippen molar-refractivity contribution in [3.8, 4) is 16.9 Å². The first-order valence-electron chi connectivity index (χ1n) is 12.7. The number of benzene rings is 3. The molecule has 2 aliphatic rings. The Kier molecular flexibility index (Phi) is 7.05. The number of ether oxygens (including phenoxy) is 1. The molecule has 1 N–H and O–H groups in total. The van der Waals surface area contributed by atoms with Gasteiger partial charge in [0.1, 0.15) is 5.75 Å². The maximum atomic E-state index is 11.1. The van der Waals surface area contributed by atoms with Crippen LogP contribution in [0.4, 0.5) is 5.69 Å². The third-order valence-electron chi connectivity index (χ3n) is 7.81. The summed E-state index contributed by atoms with van der Waals surface area (Å²) in [5, 5.41) is 9.09. The van der Waals surface area contributed by atoms with Gasteiger partial charge in [0, 0.05) is 37.9 Å². The van der Waals surface area contributed by atoms with E-state index in [0.717, 1.165) is 43.1 Å². The minimum absolute atomic E-state index is 0.317. The summed E-state index contributed by atoms with van der Waals surface area (Å²) in [5.41, 5.74) is 5.18. The van der Waals surface area contributed by atoms with Gasteiger partial charge in [-0.15, -0.1) is 0 Å². The van der Waals surface area contributed by atoms with E-state index in [1.165, 1.54) is 36.9 Å². The summed E-state index contributed by atoms with van der Waals surface area (Å²) in [5.74, 6) is 0.720. The molecule has 3 aromatic rings. The summed E-state index contributed by atoms with van der Waals surface area (Å²) in [6.07, 6.45) is 5.11. The highest BCUT2D eigenvalue weighted by Crippen LogP contribution is 2.36. The molecule has 0 atom stereocenters. The second kappa shape index (κ2) is 10.5. The summed E-state index contributed by atoms with van der Waals surface area (Å²) in [6.45, 7) is 4.36. The molecular formula is C30H34N2O3. The lowest BCUT2D eigenvalue weighted by atomic mass is 9.81. The molecule has 3 aromatic carbocycles. The molecule has 182 valence electrons. The van der Waals surface area contributed by atoms with Crippen molar-refractivity contribution in [3.05, 3.63) is 83.9 Å². The van der Waals surface area contributed by atoms with Crippen molar-refractivity contribution in [1.29, 1.82) is 0 Å². The molecule has 5 heteroatoms. The van der Waals surface area contributed by atoms with Crippen LogP contribution < -0.4 is 9.64 Å². The van der Waals surface area contributed by atoms with Gasteiger partial charge in [-0.05, 0) is 84.7 Å². The van der Waals surface area contributed by atoms with E-state index in [1.54, 1.807) is 19.2 Å². The summed E-state index contributed by atoms with van der Waals surface area (Å²) in [7, 11) is 1.72. The van der Waals surface area contributed by atoms with Gasteiger partial charge in [-0.2, -0.15) is 0 Å². The Bertz CT molecular complexity index is 1110. The Morgan fingerprint density at radius 3 is 1.89 bits per heavy atom. The van der Waals surface area contributed by atoms with Crippen molar-refractivity contribution in [2.45, 2.75) is 37.6 Å². The van der Waals surface area contributed by atoms with Gasteiger partial charge in [-0.25, -0.2) is 4.79 Å². The number of hydrogen-bond acceptors (Lipinski definition) is 4. The van der Waals surface area contributed by atoms with E-state index >= 15 is 0 Å². The van der Waals surface area contributed by atoms with Crippen molar-refractivity contribution >= 4 is 11.7 Å². The van der Waals surface area contributed by atoms with Gasteiger partial charge in [0.2, 0.25) is 0 Å². The fourth-order valence-corrected chi connectivity index (χ4v) is 5.67. The molecule has 1 aliphatic carbocycles. The van der Waals surface area contributed by atoms with Crippen LogP contribution >= 0.6 is 0 Å². The quantitative estimate of drug-likeness (QED) is 0.485. The molecule has 0 amide bonds. The number of carboxylic acids is 1. The van der Waals surface area contributed by atoms with E-state index in [2.05, 4.69) is 58.3 Å². The van der Waals surface area contributed by atoms with Gasteiger partial charge in [0.05, 0.1) is 12.7 Å². The number of hydrogen-bond donors (Lipinski definition) is 1. The normalized spacial score (nSPS) is 21.0. The van der Waals surface area contributed by atoms with Crippen LogP contribution in [-0.2, 0) is 0 Å². The number of nitrogens with zero attached hydrogens (tertiary/aromatic N) is 2. The van der Waals surface area contributed by atoms with Gasteiger partial charge in [-0.1, -0.05) is 36.4 Å². The Balaban J connectivity index is 1.12. The highest BCUT2D eigenvalue weighted by molar-refractivity contribution is 5.88. The molecule has 0 bridgehead atoms. The second-order valence-electron chi connectivity index (χ2n) is 9.73. The van der Waals surface area contributed by atoms with Gasteiger partial charge in [0.25, 0.3) is 0 Å². The zero-order chi connectivity index (χ0) is 24.2. The van der Waals surface area contributed by atoms with Gasteiger partial charge >= 0.3 is 5.97 Å². The number of rotatable bonds is 6. The molecule has 0 unspecified atom stereocenters. The maximum Gasteiger partial charge on any atom is 0.335 e. The third-order valence-corrected chi connectivity index (χ3v) is 7.81. The summed E-state index contributed by atoms with van der Waals surface area (Å²) in [6, 6.07) is 25.1. The molecule has 35 heavy (non-hydrogen) atoms. The fourth-order valence-electron chi connectivity index (χ4n) is 5.67. The van der Waals surface area contributed by atoms with Crippen LogP contribution in [0, 0.1) is 0 Å². The smallest absolute Gasteiger partial charge is 0.335 e. The van der Waals surface area contributed by atoms with Crippen molar-refractivity contribution < 1.29 is 14.6 Å². The Hall–Kier alpha value is -3.31. The van der Waals surface area contributed by atoms with E-state index in [4.69, 9.17) is 9.84 Å². The average molecular weight is 471 g/mol. The topological polar surface area (TPSA) is 53.0 Å². The SMILES string of the molecule is COc1ccc([C@H]2CC[C@@H](N3CCN(c4ccc(-c5ccc(C(=O)O)cc5)cc4)CC3)CC2)cc1. The first kappa shape index (κ1) is 23.4. The predicted octanol–water partition coefficient (Wildman–Crippen LogP) is 5.91. The second-order valence-corrected chi connectivity index (χ2v) is 9.73. The number of aromatic carboxylic acids is 1. The van der Waals surface area contributed by atoms with Gasteiger partial charge < -0.3 is 14.7 Å². The molecule has 0 spiro atoms. The van der Waals surface area contributed by atoms with Crippen LogP contribution in [0.15, 0.2) is 72.8 Å². The lowest BCUT2D eigenvalue weighted by Crippen LogP contribution is -2.51. The van der Waals surface area contributed by atoms with Crippen LogP contribution in [0.2, 0.25) is 0 Å². The van der Waals surface area contributed by atoms with Crippen molar-refractivity contribution in [1.82, 2.24) is 4.90 Å². The van der Waals surface area contributed by atoms with E-state index in [-0.39, 0.29) is 0 Å². The molecule has 0 radical (unpaired) electrons. The lowest BCUT2D eigenvalue weighted by Gasteiger charge is -2.42. The van der Waals surface area contributed by atoms with Crippen LogP contribution in [-0.4, -0.2) is 55.3 Å². The number of piperazine rings is 1. The van der Waals surface area contributed by atoms with Crippen LogP contribution in [0.5, 0.6) is 5.75 Å². The van der Waals surface area contributed by atoms with Crippen LogP contribution in [0.25, 0.3) is 11.1 Å². The number of anilines is 1. The highest BCUT2D eigenvalue weighted by atomic mass is 16.5. The van der Waals surface area contributed by atoms with Crippen molar-refractivity contribution in [2.24, 2.45) is 0 Å². The number of carboxylic acid groups (broad SMARTS) is 1. The van der Waals surface area contributed by atoms with E-state index in [9.17, 15) is 4.79 Å². The summed E-state index contributed by atoms with van der Waals surface area (Å²) >= 11 is 0. The average Bonchev–Trinajstić information content (AvgIpc) is 2.93. The molecule has 5 nitrogen and oxygen atoms in total. The van der Waals surface area contributed by atoms with Gasteiger partial charge in [0.15, 0.2) is 0 Å². The zero-order valence-electron chi connectivity index (χ0n) is 20.4. The molecule has 5 rings (SSSR count). The molecule has 2 fully saturated rings. The number of carbonyl (C=O) groups is 1. The Morgan fingerprint density at radius 1 is 0.771 bits per heavy atom. The molecule has 1 saturated carbocycles. The Labute approximate surface area is 208 Å². The summed E-state index contributed by atoms with van der Waals surface area (Å²) in [4.78, 5) is 16.3. The highest BCUT2D eigenvalue weighted by Gasteiger charge is 2.29. The van der Waals surface area contributed by atoms with Gasteiger partial charge in [-0.3, -0.25) is 4.90 Å². The third kappa shape index (κ3) is 5.35. The molecule has 1 heterocycles. The number of methoxy groups -OCH3 is 1. The fraction of sp³-hybridized carbons (Fsp3) is 0.367. The first-order valence-corrected chi connectivity index (χ1v) is 12.7. The predicted molar refractivity (Wildman–Crippen MR) is 141 cm³/mol. The van der Waals surface area contributed by atoms with Crippen molar-refractivity contribution in [2.75, 3.05) is 38.2 Å². The molecule has 1 aliphatic heterocycles. The van der Waals surface area contributed by atoms with E-state index in [1.807, 2.05) is 12.1 Å². The zero-order valence-corrected chi connectivity index (χ0v) is 20.4. The first-order chi connectivity index (χ1) is 17.1. The minimum atomic E-state index is -0.892. The molecule has 0 aromatic heterocycles.